The van der Waals surface area contributed by atoms with Crippen molar-refractivity contribution in [2.75, 3.05) is 6.54 Å². The number of rotatable bonds is 1. The third-order valence-electron chi connectivity index (χ3n) is 2.55. The van der Waals surface area contributed by atoms with E-state index in [4.69, 9.17) is 0 Å². The molecule has 0 aromatic rings. The molecule has 1 aliphatic heterocycles. The Hall–Kier alpha value is -0.570. The predicted octanol–water partition coefficient (Wildman–Crippen LogP) is 1.29. The normalized spacial score (nSPS) is 28.6. The van der Waals surface area contributed by atoms with Crippen LogP contribution in [0.5, 0.6) is 0 Å². The quantitative estimate of drug-likeness (QED) is 0.666. The molecular formula is C11H22N2O. The van der Waals surface area contributed by atoms with E-state index < -0.39 is 0 Å². The fraction of sp³-hybridized carbons (Fsp3) is 0.909. The SMILES string of the molecule is CC1CCCNC1C(=O)NC(C)(C)C. The van der Waals surface area contributed by atoms with Crippen molar-refractivity contribution >= 4 is 5.91 Å². The fourth-order valence-electron chi connectivity index (χ4n) is 1.85. The molecular weight excluding hydrogens is 176 g/mol. The molecule has 0 aliphatic carbocycles. The zero-order chi connectivity index (χ0) is 10.8. The lowest BCUT2D eigenvalue weighted by atomic mass is 9.91. The van der Waals surface area contributed by atoms with Gasteiger partial charge in [-0.2, -0.15) is 0 Å². The summed E-state index contributed by atoms with van der Waals surface area (Å²) in [4.78, 5) is 11.9. The van der Waals surface area contributed by atoms with Crippen LogP contribution in [0, 0.1) is 5.92 Å². The molecule has 1 heterocycles. The van der Waals surface area contributed by atoms with E-state index in [1.807, 2.05) is 20.8 Å². The van der Waals surface area contributed by atoms with Gasteiger partial charge < -0.3 is 10.6 Å². The number of piperidine rings is 1. The van der Waals surface area contributed by atoms with Gasteiger partial charge in [-0.15, -0.1) is 0 Å². The zero-order valence-electron chi connectivity index (χ0n) is 9.68. The lowest BCUT2D eigenvalue weighted by Crippen LogP contribution is -2.55. The van der Waals surface area contributed by atoms with Crippen LogP contribution in [0.25, 0.3) is 0 Å². The van der Waals surface area contributed by atoms with Crippen LogP contribution in [0.1, 0.15) is 40.5 Å². The van der Waals surface area contributed by atoms with Gasteiger partial charge in [-0.1, -0.05) is 6.92 Å². The van der Waals surface area contributed by atoms with Gasteiger partial charge in [-0.05, 0) is 46.1 Å². The minimum absolute atomic E-state index is 0.00275. The van der Waals surface area contributed by atoms with Gasteiger partial charge in [0.1, 0.15) is 0 Å². The van der Waals surface area contributed by atoms with Gasteiger partial charge in [0, 0.05) is 5.54 Å². The van der Waals surface area contributed by atoms with Crippen molar-refractivity contribution in [3.8, 4) is 0 Å². The molecule has 3 heteroatoms. The zero-order valence-corrected chi connectivity index (χ0v) is 9.68. The van der Waals surface area contributed by atoms with Gasteiger partial charge in [0.25, 0.3) is 0 Å². The van der Waals surface area contributed by atoms with E-state index in [0.717, 1.165) is 13.0 Å². The number of amides is 1. The molecule has 1 amide bonds. The summed E-state index contributed by atoms with van der Waals surface area (Å²) in [5, 5.41) is 6.30. The maximum atomic E-state index is 11.9. The van der Waals surface area contributed by atoms with Crippen molar-refractivity contribution < 1.29 is 4.79 Å². The lowest BCUT2D eigenvalue weighted by Gasteiger charge is -2.32. The number of hydrogen-bond donors (Lipinski definition) is 2. The van der Waals surface area contributed by atoms with Crippen molar-refractivity contribution in [1.82, 2.24) is 10.6 Å². The standard InChI is InChI=1S/C11H22N2O/c1-8-6-5-7-12-9(8)10(14)13-11(2,3)4/h8-9,12H,5-7H2,1-4H3,(H,13,14). The van der Waals surface area contributed by atoms with Gasteiger partial charge in [-0.3, -0.25) is 4.79 Å². The molecule has 1 saturated heterocycles. The highest BCUT2D eigenvalue weighted by Gasteiger charge is 2.29. The van der Waals surface area contributed by atoms with Crippen molar-refractivity contribution in [1.29, 1.82) is 0 Å². The first kappa shape index (κ1) is 11.5. The number of carbonyl (C=O) groups is 1. The van der Waals surface area contributed by atoms with E-state index in [0.29, 0.717) is 5.92 Å². The number of hydrogen-bond acceptors (Lipinski definition) is 2. The van der Waals surface area contributed by atoms with Crippen molar-refractivity contribution in [3.63, 3.8) is 0 Å². The largest absolute Gasteiger partial charge is 0.350 e. The van der Waals surface area contributed by atoms with Crippen LogP contribution < -0.4 is 10.6 Å². The third kappa shape index (κ3) is 3.29. The highest BCUT2D eigenvalue weighted by molar-refractivity contribution is 5.82. The van der Waals surface area contributed by atoms with Gasteiger partial charge in [0.05, 0.1) is 6.04 Å². The Balaban J connectivity index is 2.50. The van der Waals surface area contributed by atoms with Crippen LogP contribution in [-0.2, 0) is 4.79 Å². The van der Waals surface area contributed by atoms with Gasteiger partial charge in [-0.25, -0.2) is 0 Å². The summed E-state index contributed by atoms with van der Waals surface area (Å²) in [6, 6.07) is 0.00275. The number of nitrogens with one attached hydrogen (secondary N) is 2. The Morgan fingerprint density at radius 2 is 2.07 bits per heavy atom. The summed E-state index contributed by atoms with van der Waals surface area (Å²) in [6.07, 6.45) is 2.33. The highest BCUT2D eigenvalue weighted by Crippen LogP contribution is 2.16. The minimum atomic E-state index is -0.129. The molecule has 0 bridgehead atoms. The van der Waals surface area contributed by atoms with E-state index in [-0.39, 0.29) is 17.5 Å². The Kier molecular flexibility index (Phi) is 3.53. The molecule has 0 aromatic heterocycles. The molecule has 0 spiro atoms. The second-order valence-corrected chi connectivity index (χ2v) is 5.29. The first-order chi connectivity index (χ1) is 6.40. The molecule has 1 fully saturated rings. The average molecular weight is 198 g/mol. The van der Waals surface area contributed by atoms with Crippen molar-refractivity contribution in [2.24, 2.45) is 5.92 Å². The van der Waals surface area contributed by atoms with Gasteiger partial charge >= 0.3 is 0 Å². The average Bonchev–Trinajstić information content (AvgIpc) is 2.01. The summed E-state index contributed by atoms with van der Waals surface area (Å²) >= 11 is 0. The number of carbonyl (C=O) groups excluding carboxylic acids is 1. The molecule has 14 heavy (non-hydrogen) atoms. The summed E-state index contributed by atoms with van der Waals surface area (Å²) in [5.41, 5.74) is -0.129. The Labute approximate surface area is 86.6 Å². The van der Waals surface area contributed by atoms with Crippen molar-refractivity contribution in [3.05, 3.63) is 0 Å². The lowest BCUT2D eigenvalue weighted by molar-refractivity contribution is -0.126. The molecule has 2 unspecified atom stereocenters. The summed E-state index contributed by atoms with van der Waals surface area (Å²) in [5.74, 6) is 0.593. The highest BCUT2D eigenvalue weighted by atomic mass is 16.2. The molecule has 1 rings (SSSR count). The molecule has 1 aliphatic rings. The summed E-state index contributed by atoms with van der Waals surface area (Å²) in [6.45, 7) is 9.14. The monoisotopic (exact) mass is 198 g/mol. The smallest absolute Gasteiger partial charge is 0.237 e. The Bertz CT molecular complexity index is 208. The molecule has 0 saturated carbocycles. The third-order valence-corrected chi connectivity index (χ3v) is 2.55. The molecule has 2 atom stereocenters. The first-order valence-electron chi connectivity index (χ1n) is 5.45. The van der Waals surface area contributed by atoms with E-state index in [2.05, 4.69) is 17.6 Å². The molecule has 82 valence electrons. The second kappa shape index (κ2) is 4.30. The maximum Gasteiger partial charge on any atom is 0.237 e. The predicted molar refractivity (Wildman–Crippen MR) is 58.1 cm³/mol. The maximum absolute atomic E-state index is 11.9. The molecule has 0 radical (unpaired) electrons. The van der Waals surface area contributed by atoms with E-state index in [1.54, 1.807) is 0 Å². The van der Waals surface area contributed by atoms with Crippen LogP contribution in [0.4, 0.5) is 0 Å². The molecule has 3 nitrogen and oxygen atoms in total. The van der Waals surface area contributed by atoms with Crippen LogP contribution in [0.3, 0.4) is 0 Å². The molecule has 0 aromatic carbocycles. The summed E-state index contributed by atoms with van der Waals surface area (Å²) < 4.78 is 0. The van der Waals surface area contributed by atoms with Crippen LogP contribution in [0.2, 0.25) is 0 Å². The Morgan fingerprint density at radius 1 is 1.43 bits per heavy atom. The summed E-state index contributed by atoms with van der Waals surface area (Å²) in [7, 11) is 0. The van der Waals surface area contributed by atoms with Gasteiger partial charge in [0.2, 0.25) is 5.91 Å². The molecule has 2 N–H and O–H groups in total. The van der Waals surface area contributed by atoms with Crippen molar-refractivity contribution in [2.45, 2.75) is 52.1 Å². The van der Waals surface area contributed by atoms with Crippen LogP contribution >= 0.6 is 0 Å². The van der Waals surface area contributed by atoms with E-state index >= 15 is 0 Å². The van der Waals surface area contributed by atoms with Crippen LogP contribution in [0.15, 0.2) is 0 Å². The van der Waals surface area contributed by atoms with Gasteiger partial charge in [0.15, 0.2) is 0 Å². The van der Waals surface area contributed by atoms with E-state index in [9.17, 15) is 4.79 Å². The van der Waals surface area contributed by atoms with Crippen LogP contribution in [-0.4, -0.2) is 24.0 Å². The Morgan fingerprint density at radius 3 is 2.57 bits per heavy atom. The fourth-order valence-corrected chi connectivity index (χ4v) is 1.85. The minimum Gasteiger partial charge on any atom is -0.350 e. The second-order valence-electron chi connectivity index (χ2n) is 5.29. The van der Waals surface area contributed by atoms with E-state index in [1.165, 1.54) is 6.42 Å². The first-order valence-corrected chi connectivity index (χ1v) is 5.45. The topological polar surface area (TPSA) is 41.1 Å².